The van der Waals surface area contributed by atoms with E-state index < -0.39 is 11.6 Å². The molecule has 1 aliphatic heterocycles. The molecule has 106 valence electrons. The van der Waals surface area contributed by atoms with Crippen LogP contribution in [0, 0.1) is 11.6 Å². The van der Waals surface area contributed by atoms with Gasteiger partial charge in [-0.2, -0.15) is 0 Å². The molecular formula is C14H20F2N2O. The highest BCUT2D eigenvalue weighted by atomic mass is 19.1. The Bertz CT molecular complexity index is 394. The van der Waals surface area contributed by atoms with Crippen LogP contribution in [0.4, 0.5) is 8.78 Å². The molecule has 0 spiro atoms. The average molecular weight is 270 g/mol. The maximum Gasteiger partial charge on any atom is 0.130 e. The average Bonchev–Trinajstić information content (AvgIpc) is 2.84. The molecule has 1 atom stereocenters. The van der Waals surface area contributed by atoms with Gasteiger partial charge in [-0.25, -0.2) is 8.78 Å². The molecule has 0 amide bonds. The normalized spacial score (nSPS) is 20.1. The van der Waals surface area contributed by atoms with Crippen molar-refractivity contribution in [3.63, 3.8) is 0 Å². The first-order chi connectivity index (χ1) is 9.20. The highest BCUT2D eigenvalue weighted by molar-refractivity contribution is 5.19. The van der Waals surface area contributed by atoms with Crippen molar-refractivity contribution in [2.45, 2.75) is 19.0 Å². The number of ether oxygens (including phenoxy) is 1. The summed E-state index contributed by atoms with van der Waals surface area (Å²) in [5.41, 5.74) is 0.123. The molecule has 5 heteroatoms. The highest BCUT2D eigenvalue weighted by Gasteiger charge is 2.22. The van der Waals surface area contributed by atoms with Crippen LogP contribution in [-0.2, 0) is 11.3 Å². The van der Waals surface area contributed by atoms with Crippen LogP contribution in [-0.4, -0.2) is 44.3 Å². The maximum absolute atomic E-state index is 13.5. The minimum absolute atomic E-state index is 0.123. The first-order valence-corrected chi connectivity index (χ1v) is 6.58. The van der Waals surface area contributed by atoms with E-state index in [2.05, 4.69) is 10.2 Å². The Labute approximate surface area is 112 Å². The molecule has 1 aliphatic rings. The fraction of sp³-hybridized carbons (Fsp3) is 0.571. The van der Waals surface area contributed by atoms with E-state index in [9.17, 15) is 8.78 Å². The zero-order valence-electron chi connectivity index (χ0n) is 11.2. The van der Waals surface area contributed by atoms with Gasteiger partial charge >= 0.3 is 0 Å². The number of hydrogen-bond donors (Lipinski definition) is 1. The molecule has 1 aromatic rings. The Morgan fingerprint density at radius 3 is 2.79 bits per heavy atom. The van der Waals surface area contributed by atoms with E-state index in [1.807, 2.05) is 0 Å². The summed E-state index contributed by atoms with van der Waals surface area (Å²) in [6.07, 6.45) is 1.000. The fourth-order valence-corrected chi connectivity index (χ4v) is 2.37. The van der Waals surface area contributed by atoms with Crippen molar-refractivity contribution in [1.29, 1.82) is 0 Å². The lowest BCUT2D eigenvalue weighted by atomic mass is 10.1. The number of nitrogens with zero attached hydrogens (tertiary/aromatic N) is 1. The van der Waals surface area contributed by atoms with Crippen LogP contribution in [0.1, 0.15) is 12.0 Å². The van der Waals surface area contributed by atoms with E-state index in [0.717, 1.165) is 26.1 Å². The van der Waals surface area contributed by atoms with Gasteiger partial charge in [0.1, 0.15) is 11.6 Å². The lowest BCUT2D eigenvalue weighted by Crippen LogP contribution is -2.33. The second-order valence-corrected chi connectivity index (χ2v) is 4.86. The van der Waals surface area contributed by atoms with Gasteiger partial charge in [0.05, 0.1) is 6.61 Å². The van der Waals surface area contributed by atoms with Crippen LogP contribution < -0.4 is 5.32 Å². The monoisotopic (exact) mass is 270 g/mol. The minimum atomic E-state index is -0.485. The second kappa shape index (κ2) is 6.93. The summed E-state index contributed by atoms with van der Waals surface area (Å²) in [5.74, 6) is -0.969. The second-order valence-electron chi connectivity index (χ2n) is 4.86. The zero-order valence-corrected chi connectivity index (χ0v) is 11.2. The van der Waals surface area contributed by atoms with Gasteiger partial charge in [-0.05, 0) is 25.1 Å². The Kier molecular flexibility index (Phi) is 5.24. The van der Waals surface area contributed by atoms with Crippen molar-refractivity contribution < 1.29 is 13.5 Å². The molecule has 1 heterocycles. The van der Waals surface area contributed by atoms with Gasteiger partial charge in [-0.15, -0.1) is 0 Å². The number of hydrogen-bond acceptors (Lipinski definition) is 3. The van der Waals surface area contributed by atoms with Gasteiger partial charge in [0.15, 0.2) is 0 Å². The topological polar surface area (TPSA) is 24.5 Å². The predicted octanol–water partition coefficient (Wildman–Crippen LogP) is 1.78. The summed E-state index contributed by atoms with van der Waals surface area (Å²) in [6, 6.07) is 4.26. The molecule has 2 rings (SSSR count). The van der Waals surface area contributed by atoms with Crippen molar-refractivity contribution in [2.75, 3.05) is 33.4 Å². The van der Waals surface area contributed by atoms with Crippen LogP contribution in [0.15, 0.2) is 18.2 Å². The molecule has 1 fully saturated rings. The summed E-state index contributed by atoms with van der Waals surface area (Å²) in [6.45, 7) is 3.76. The third-order valence-electron chi connectivity index (χ3n) is 3.51. The van der Waals surface area contributed by atoms with Gasteiger partial charge in [-0.1, -0.05) is 6.07 Å². The number of halogens is 2. The molecule has 1 unspecified atom stereocenters. The van der Waals surface area contributed by atoms with Crippen molar-refractivity contribution in [3.8, 4) is 0 Å². The van der Waals surface area contributed by atoms with Gasteiger partial charge in [-0.3, -0.25) is 4.90 Å². The molecular weight excluding hydrogens is 250 g/mol. The van der Waals surface area contributed by atoms with Crippen LogP contribution in [0.5, 0.6) is 0 Å². The third-order valence-corrected chi connectivity index (χ3v) is 3.51. The van der Waals surface area contributed by atoms with Gasteiger partial charge in [0.2, 0.25) is 0 Å². The SMILES string of the molecule is COCCN1CCC(NCc2c(F)cccc2F)C1. The number of likely N-dealkylation sites (tertiary alicyclic amines) is 1. The van der Waals surface area contributed by atoms with E-state index in [0.29, 0.717) is 6.61 Å². The van der Waals surface area contributed by atoms with E-state index in [1.165, 1.54) is 18.2 Å². The summed E-state index contributed by atoms with van der Waals surface area (Å²) in [5, 5.41) is 3.22. The standard InChI is InChI=1S/C14H20F2N2O/c1-19-8-7-18-6-5-11(10-18)17-9-12-13(15)3-2-4-14(12)16/h2-4,11,17H,5-10H2,1H3. The lowest BCUT2D eigenvalue weighted by Gasteiger charge is -2.16. The van der Waals surface area contributed by atoms with Crippen molar-refractivity contribution >= 4 is 0 Å². The molecule has 19 heavy (non-hydrogen) atoms. The number of rotatable bonds is 6. The van der Waals surface area contributed by atoms with Crippen molar-refractivity contribution in [1.82, 2.24) is 10.2 Å². The molecule has 0 aromatic heterocycles. The van der Waals surface area contributed by atoms with E-state index in [-0.39, 0.29) is 18.2 Å². The quantitative estimate of drug-likeness (QED) is 0.852. The van der Waals surface area contributed by atoms with Crippen LogP contribution in [0.3, 0.4) is 0 Å². The first-order valence-electron chi connectivity index (χ1n) is 6.58. The van der Waals surface area contributed by atoms with Gasteiger partial charge < -0.3 is 10.1 Å². The molecule has 0 bridgehead atoms. The number of methoxy groups -OCH3 is 1. The summed E-state index contributed by atoms with van der Waals surface area (Å²) < 4.78 is 32.0. The van der Waals surface area contributed by atoms with Crippen LogP contribution in [0.25, 0.3) is 0 Å². The molecule has 0 radical (unpaired) electrons. The van der Waals surface area contributed by atoms with Gasteiger partial charge in [0.25, 0.3) is 0 Å². The summed E-state index contributed by atoms with van der Waals surface area (Å²) >= 11 is 0. The van der Waals surface area contributed by atoms with Crippen molar-refractivity contribution in [3.05, 3.63) is 35.4 Å². The Morgan fingerprint density at radius 2 is 2.11 bits per heavy atom. The van der Waals surface area contributed by atoms with Crippen LogP contribution in [0.2, 0.25) is 0 Å². The summed E-state index contributed by atoms with van der Waals surface area (Å²) in [4.78, 5) is 2.29. The zero-order chi connectivity index (χ0) is 13.7. The summed E-state index contributed by atoms with van der Waals surface area (Å²) in [7, 11) is 1.69. The molecule has 0 aliphatic carbocycles. The van der Waals surface area contributed by atoms with Crippen molar-refractivity contribution in [2.24, 2.45) is 0 Å². The molecule has 3 nitrogen and oxygen atoms in total. The van der Waals surface area contributed by atoms with E-state index in [1.54, 1.807) is 7.11 Å². The molecule has 1 saturated heterocycles. The number of nitrogens with one attached hydrogen (secondary N) is 1. The van der Waals surface area contributed by atoms with Crippen LogP contribution >= 0.6 is 0 Å². The fourth-order valence-electron chi connectivity index (χ4n) is 2.37. The maximum atomic E-state index is 13.5. The van der Waals surface area contributed by atoms with E-state index >= 15 is 0 Å². The lowest BCUT2D eigenvalue weighted by molar-refractivity contribution is 0.159. The minimum Gasteiger partial charge on any atom is -0.383 e. The third kappa shape index (κ3) is 3.96. The molecule has 1 aromatic carbocycles. The van der Waals surface area contributed by atoms with E-state index in [4.69, 9.17) is 4.74 Å². The Morgan fingerprint density at radius 1 is 1.37 bits per heavy atom. The Balaban J connectivity index is 1.80. The van der Waals surface area contributed by atoms with Gasteiger partial charge in [0, 0.05) is 38.3 Å². The largest absolute Gasteiger partial charge is 0.383 e. The molecule has 1 N–H and O–H groups in total. The number of benzene rings is 1. The highest BCUT2D eigenvalue weighted by Crippen LogP contribution is 2.14. The smallest absolute Gasteiger partial charge is 0.130 e. The molecule has 0 saturated carbocycles. The Hall–Kier alpha value is -1.04. The first kappa shape index (κ1) is 14.4. The predicted molar refractivity (Wildman–Crippen MR) is 69.9 cm³/mol.